The van der Waals surface area contributed by atoms with Crippen LogP contribution in [0.2, 0.25) is 5.02 Å². The highest BCUT2D eigenvalue weighted by Gasteiger charge is 2.29. The number of carbonyl (C=O) groups is 1. The molecule has 36 heavy (non-hydrogen) atoms. The Labute approximate surface area is 214 Å². The minimum Gasteiger partial charge on any atom is -0.495 e. The smallest absolute Gasteiger partial charge is 0.264 e. The molecule has 1 amide bonds. The number of carbonyl (C=O) groups excluding carboxylic acids is 1. The van der Waals surface area contributed by atoms with Gasteiger partial charge in [0.15, 0.2) is 11.5 Å². The van der Waals surface area contributed by atoms with Crippen LogP contribution in [-0.2, 0) is 14.8 Å². The van der Waals surface area contributed by atoms with E-state index in [0.717, 1.165) is 9.87 Å². The first-order valence-electron chi connectivity index (χ1n) is 10.9. The van der Waals surface area contributed by atoms with Gasteiger partial charge in [-0.1, -0.05) is 35.4 Å². The third-order valence-corrected chi connectivity index (χ3v) is 7.30. The van der Waals surface area contributed by atoms with Crippen molar-refractivity contribution in [3.8, 4) is 17.2 Å². The lowest BCUT2D eigenvalue weighted by atomic mass is 10.2. The van der Waals surface area contributed by atoms with Crippen LogP contribution in [0.15, 0.2) is 70.7 Å². The van der Waals surface area contributed by atoms with Gasteiger partial charge in [-0.15, -0.1) is 0 Å². The van der Waals surface area contributed by atoms with Gasteiger partial charge in [-0.2, -0.15) is 5.10 Å². The number of sulfonamides is 1. The molecule has 0 atom stereocenters. The highest BCUT2D eigenvalue weighted by molar-refractivity contribution is 7.92. The molecule has 9 nitrogen and oxygen atoms in total. The monoisotopic (exact) mass is 529 g/mol. The maximum atomic E-state index is 13.6. The van der Waals surface area contributed by atoms with Gasteiger partial charge in [0.1, 0.15) is 25.5 Å². The molecule has 0 saturated carbocycles. The lowest BCUT2D eigenvalue weighted by Crippen LogP contribution is -2.39. The summed E-state index contributed by atoms with van der Waals surface area (Å²) in [5.74, 6) is 0.666. The molecule has 0 aromatic heterocycles. The molecular formula is C25H24ClN3O6S. The lowest BCUT2D eigenvalue weighted by molar-refractivity contribution is -0.119. The second-order valence-electron chi connectivity index (χ2n) is 7.81. The van der Waals surface area contributed by atoms with Crippen molar-refractivity contribution in [1.29, 1.82) is 0 Å². The summed E-state index contributed by atoms with van der Waals surface area (Å²) in [5.41, 5.74) is 3.99. The van der Waals surface area contributed by atoms with Crippen LogP contribution in [0, 0.1) is 6.92 Å². The molecule has 1 N–H and O–H groups in total. The Hall–Kier alpha value is -3.76. The molecule has 4 rings (SSSR count). The number of nitrogens with zero attached hydrogens (tertiary/aromatic N) is 2. The summed E-state index contributed by atoms with van der Waals surface area (Å²) in [6, 6.07) is 16.1. The Balaban J connectivity index is 1.61. The Kier molecular flexibility index (Phi) is 7.66. The number of anilines is 1. The summed E-state index contributed by atoms with van der Waals surface area (Å²) < 4.78 is 44.7. The Morgan fingerprint density at radius 3 is 2.64 bits per heavy atom. The maximum Gasteiger partial charge on any atom is 0.264 e. The van der Waals surface area contributed by atoms with Gasteiger partial charge in [0.05, 0.1) is 23.9 Å². The Bertz CT molecular complexity index is 1390. The van der Waals surface area contributed by atoms with E-state index in [-0.39, 0.29) is 21.4 Å². The molecule has 1 aliphatic rings. The molecule has 188 valence electrons. The third kappa shape index (κ3) is 5.55. The van der Waals surface area contributed by atoms with Crippen molar-refractivity contribution in [2.24, 2.45) is 5.10 Å². The number of para-hydroxylation sites is 1. The molecular weight excluding hydrogens is 506 g/mol. The number of rotatable bonds is 8. The number of aryl methyl sites for hydroxylation is 1. The largest absolute Gasteiger partial charge is 0.495 e. The normalized spacial score (nSPS) is 12.9. The van der Waals surface area contributed by atoms with Crippen LogP contribution >= 0.6 is 11.6 Å². The van der Waals surface area contributed by atoms with Crippen LogP contribution < -0.4 is 23.9 Å². The predicted octanol–water partition coefficient (Wildman–Crippen LogP) is 3.77. The summed E-state index contributed by atoms with van der Waals surface area (Å²) >= 11 is 6.16. The minimum atomic E-state index is -4.16. The van der Waals surface area contributed by atoms with Gasteiger partial charge in [-0.3, -0.25) is 9.10 Å². The second kappa shape index (κ2) is 10.9. The van der Waals surface area contributed by atoms with E-state index in [1.807, 2.05) is 6.92 Å². The summed E-state index contributed by atoms with van der Waals surface area (Å²) in [7, 11) is -2.76. The summed E-state index contributed by atoms with van der Waals surface area (Å²) in [5, 5.41) is 4.27. The second-order valence-corrected chi connectivity index (χ2v) is 10.1. The molecule has 0 unspecified atom stereocenters. The van der Waals surface area contributed by atoms with Crippen LogP contribution in [0.5, 0.6) is 17.2 Å². The van der Waals surface area contributed by atoms with Crippen molar-refractivity contribution < 1.29 is 27.4 Å². The van der Waals surface area contributed by atoms with E-state index in [9.17, 15) is 13.2 Å². The zero-order valence-electron chi connectivity index (χ0n) is 19.6. The van der Waals surface area contributed by atoms with Crippen molar-refractivity contribution in [2.45, 2.75) is 11.8 Å². The quantitative estimate of drug-likeness (QED) is 0.351. The van der Waals surface area contributed by atoms with Crippen LogP contribution in [0.3, 0.4) is 0 Å². The van der Waals surface area contributed by atoms with Gasteiger partial charge in [-0.05, 0) is 49.4 Å². The van der Waals surface area contributed by atoms with Crippen LogP contribution in [0.1, 0.15) is 11.1 Å². The molecule has 0 aliphatic carbocycles. The molecule has 3 aromatic rings. The zero-order chi connectivity index (χ0) is 25.7. The van der Waals surface area contributed by atoms with E-state index in [4.69, 9.17) is 25.8 Å². The summed E-state index contributed by atoms with van der Waals surface area (Å²) in [4.78, 5) is 12.9. The third-order valence-electron chi connectivity index (χ3n) is 5.30. The minimum absolute atomic E-state index is 0.0134. The van der Waals surface area contributed by atoms with E-state index in [2.05, 4.69) is 10.5 Å². The lowest BCUT2D eigenvalue weighted by Gasteiger charge is -2.25. The molecule has 11 heteroatoms. The molecule has 0 saturated heterocycles. The summed E-state index contributed by atoms with van der Waals surface area (Å²) in [6.07, 6.45) is 1.41. The van der Waals surface area contributed by atoms with Crippen molar-refractivity contribution in [1.82, 2.24) is 5.43 Å². The van der Waals surface area contributed by atoms with Gasteiger partial charge in [-0.25, -0.2) is 13.8 Å². The summed E-state index contributed by atoms with van der Waals surface area (Å²) in [6.45, 7) is 2.12. The number of nitrogens with one attached hydrogen (secondary N) is 1. The van der Waals surface area contributed by atoms with E-state index in [0.29, 0.717) is 30.3 Å². The predicted molar refractivity (Wildman–Crippen MR) is 137 cm³/mol. The van der Waals surface area contributed by atoms with Crippen molar-refractivity contribution in [3.05, 3.63) is 76.8 Å². The Morgan fingerprint density at radius 2 is 1.89 bits per heavy atom. The van der Waals surface area contributed by atoms with Gasteiger partial charge in [0.2, 0.25) is 0 Å². The van der Waals surface area contributed by atoms with Crippen LogP contribution in [0.4, 0.5) is 5.69 Å². The van der Waals surface area contributed by atoms with E-state index < -0.39 is 22.5 Å². The average molecular weight is 530 g/mol. The van der Waals surface area contributed by atoms with E-state index >= 15 is 0 Å². The first-order chi connectivity index (χ1) is 17.3. The highest BCUT2D eigenvalue weighted by Crippen LogP contribution is 2.35. The number of ether oxygens (including phenoxy) is 3. The van der Waals surface area contributed by atoms with Crippen LogP contribution in [0.25, 0.3) is 0 Å². The van der Waals surface area contributed by atoms with Gasteiger partial charge in [0.25, 0.3) is 15.9 Å². The number of hydrogen-bond acceptors (Lipinski definition) is 7. The van der Waals surface area contributed by atoms with Crippen molar-refractivity contribution in [2.75, 3.05) is 31.2 Å². The zero-order valence-corrected chi connectivity index (χ0v) is 21.2. The first-order valence-corrected chi connectivity index (χ1v) is 12.7. The molecule has 0 spiro atoms. The van der Waals surface area contributed by atoms with Crippen LogP contribution in [-0.4, -0.2) is 47.4 Å². The molecule has 1 aliphatic heterocycles. The topological polar surface area (TPSA) is 107 Å². The number of methoxy groups -OCH3 is 1. The number of hydrogen-bond donors (Lipinski definition) is 1. The average Bonchev–Trinajstić information content (AvgIpc) is 2.87. The molecule has 3 aromatic carbocycles. The van der Waals surface area contributed by atoms with Gasteiger partial charge < -0.3 is 14.2 Å². The number of amides is 1. The number of hydrazone groups is 1. The SMILES string of the molecule is COc1ccc(Cl)cc1N(CC(=O)N/N=C\c1cccc2c1OCCO2)S(=O)(=O)c1ccc(C)cc1. The fourth-order valence-corrected chi connectivity index (χ4v) is 5.12. The maximum absolute atomic E-state index is 13.6. The number of halogens is 1. The van der Waals surface area contributed by atoms with E-state index in [1.165, 1.54) is 37.6 Å². The molecule has 0 bridgehead atoms. The number of fused-ring (bicyclic) bond motifs is 1. The van der Waals surface area contributed by atoms with Gasteiger partial charge >= 0.3 is 0 Å². The fourth-order valence-electron chi connectivity index (χ4n) is 3.53. The molecule has 0 radical (unpaired) electrons. The fraction of sp³-hybridized carbons (Fsp3) is 0.200. The molecule has 0 fully saturated rings. The van der Waals surface area contributed by atoms with Crippen molar-refractivity contribution in [3.63, 3.8) is 0 Å². The first kappa shape index (κ1) is 25.3. The Morgan fingerprint density at radius 1 is 1.14 bits per heavy atom. The highest BCUT2D eigenvalue weighted by atomic mass is 35.5. The van der Waals surface area contributed by atoms with Gasteiger partial charge in [0, 0.05) is 10.6 Å². The molecule has 1 heterocycles. The van der Waals surface area contributed by atoms with E-state index in [1.54, 1.807) is 36.4 Å². The standard InChI is InChI=1S/C25H24ClN3O6S/c1-17-6-9-20(10-7-17)36(31,32)29(21-14-19(26)8-11-22(21)33-2)16-24(30)28-27-15-18-4-3-5-23-25(18)35-13-12-34-23/h3-11,14-15H,12-13,16H2,1-2H3,(H,28,30)/b27-15-. The number of benzene rings is 3. The van der Waals surface area contributed by atoms with Crippen molar-refractivity contribution >= 4 is 39.4 Å².